The van der Waals surface area contributed by atoms with Crippen molar-refractivity contribution in [2.75, 3.05) is 12.8 Å². The van der Waals surface area contributed by atoms with E-state index in [9.17, 15) is 9.36 Å². The topological polar surface area (TPSA) is 107 Å². The maximum atomic E-state index is 10.1. The third kappa shape index (κ3) is 18.6. The predicted octanol–water partition coefficient (Wildman–Crippen LogP) is -7.08. The van der Waals surface area contributed by atoms with Crippen molar-refractivity contribution in [2.24, 2.45) is 0 Å². The van der Waals surface area contributed by atoms with Gasteiger partial charge in [-0.1, -0.05) is 0 Å². The fraction of sp³-hybridized carbons (Fsp3) is 0.667. The summed E-state index contributed by atoms with van der Waals surface area (Å²) in [7, 11) is -4.10. The Morgan fingerprint density at radius 2 is 1.83 bits per heavy atom. The van der Waals surface area contributed by atoms with Crippen molar-refractivity contribution in [3.05, 3.63) is 0 Å². The fourth-order valence-electron chi connectivity index (χ4n) is 0.308. The smallest absolute Gasteiger partial charge is 0.480 e. The van der Waals surface area contributed by atoms with Gasteiger partial charge in [0.25, 0.3) is 0 Å². The van der Waals surface area contributed by atoms with E-state index in [1.165, 1.54) is 0 Å². The zero-order chi connectivity index (χ0) is 8.20. The summed E-state index contributed by atoms with van der Waals surface area (Å²) in [5.41, 5.74) is 0. The Morgan fingerprint density at radius 3 is 2.08 bits per heavy atom. The number of carboxylic acid groups (broad SMARTS) is 1. The molecule has 0 aliphatic carbocycles. The third-order valence-electron chi connectivity index (χ3n) is 0.594. The largest absolute Gasteiger partial charge is 1.00 e. The van der Waals surface area contributed by atoms with Crippen LogP contribution in [0.1, 0.15) is 1.43 Å². The second-order valence-corrected chi connectivity index (χ2v) is 3.29. The Labute approximate surface area is 156 Å². The Morgan fingerprint density at radius 1 is 1.42 bits per heavy atom. The van der Waals surface area contributed by atoms with E-state index < -0.39 is 26.4 Å². The molecule has 0 amide bonds. The van der Waals surface area contributed by atoms with Crippen molar-refractivity contribution in [3.8, 4) is 0 Å². The van der Waals surface area contributed by atoms with E-state index in [0.29, 0.717) is 0 Å². The van der Waals surface area contributed by atoms with Crippen LogP contribution < -0.4 is 108 Å². The predicted molar refractivity (Wildman–Crippen MR) is 33.7 cm³/mol. The van der Waals surface area contributed by atoms with Crippen molar-refractivity contribution in [3.63, 3.8) is 0 Å². The summed E-state index contributed by atoms with van der Waals surface area (Å²) in [4.78, 5) is 26.1. The van der Waals surface area contributed by atoms with Gasteiger partial charge in [-0.05, 0) is 0 Å². The minimum atomic E-state index is -4.10. The Bertz CT molecular complexity index is 175. The molecule has 0 aromatic rings. The molecular formula is C3H9K2NO5P+3. The Kier molecular flexibility index (Phi) is 17.5. The van der Waals surface area contributed by atoms with E-state index in [4.69, 9.17) is 14.9 Å². The van der Waals surface area contributed by atoms with Crippen molar-refractivity contribution < 1.29 is 128 Å². The first kappa shape index (κ1) is 20.3. The molecule has 0 radical (unpaired) electrons. The molecule has 6 nitrogen and oxygen atoms in total. The first-order valence-electron chi connectivity index (χ1n) is 2.39. The monoisotopic (exact) mass is 248 g/mol. The second kappa shape index (κ2) is 10.4. The van der Waals surface area contributed by atoms with Crippen LogP contribution in [0, 0.1) is 0 Å². The average molecular weight is 248 g/mol. The number of aliphatic carboxylic acids is 1. The van der Waals surface area contributed by atoms with Gasteiger partial charge >= 0.3 is 118 Å². The van der Waals surface area contributed by atoms with Crippen LogP contribution in [0.15, 0.2) is 0 Å². The van der Waals surface area contributed by atoms with Crippen LogP contribution in [-0.4, -0.2) is 33.7 Å². The molecule has 0 spiro atoms. The molecule has 0 aliphatic rings. The SMILES string of the molecule is O=C(O)CNCP(=O)(O)O.[H+].[K+].[K+]. The summed E-state index contributed by atoms with van der Waals surface area (Å²) < 4.78 is 10.1. The van der Waals surface area contributed by atoms with Gasteiger partial charge in [0, 0.05) is 0 Å². The van der Waals surface area contributed by atoms with E-state index in [0.717, 1.165) is 0 Å². The Balaban J connectivity index is -0.000000135. The summed E-state index contributed by atoms with van der Waals surface area (Å²) >= 11 is 0. The number of hydrogen-bond acceptors (Lipinski definition) is 3. The van der Waals surface area contributed by atoms with Crippen LogP contribution in [0.3, 0.4) is 0 Å². The van der Waals surface area contributed by atoms with Crippen molar-refractivity contribution in [2.45, 2.75) is 0 Å². The van der Waals surface area contributed by atoms with Gasteiger partial charge in [0.15, 0.2) is 0 Å². The minimum absolute atomic E-state index is 0. The van der Waals surface area contributed by atoms with Crippen molar-refractivity contribution >= 4 is 13.6 Å². The molecule has 60 valence electrons. The quantitative estimate of drug-likeness (QED) is 0.291. The Hall–Kier alpha value is 2.85. The number of carbonyl (C=O) groups is 1. The van der Waals surface area contributed by atoms with E-state index in [-0.39, 0.29) is 104 Å². The molecule has 0 bridgehead atoms. The molecule has 0 atom stereocenters. The van der Waals surface area contributed by atoms with Gasteiger partial charge in [0.1, 0.15) is 0 Å². The molecule has 0 saturated heterocycles. The molecule has 0 saturated carbocycles. The van der Waals surface area contributed by atoms with Crippen LogP contribution in [-0.2, 0) is 9.36 Å². The van der Waals surface area contributed by atoms with Crippen LogP contribution in [0.4, 0.5) is 0 Å². The summed E-state index contributed by atoms with van der Waals surface area (Å²) in [6, 6.07) is 0. The maximum absolute atomic E-state index is 10.1. The van der Waals surface area contributed by atoms with Gasteiger partial charge < -0.3 is 14.9 Å². The number of carboxylic acids is 1. The standard InChI is InChI=1S/C3H8NO5P.2K/c5-3(6)1-4-2-10(7,8)9;;/h4H,1-2H2,(H,5,6)(H2,7,8,9);;/q;2*+1/p+1. The fourth-order valence-corrected chi connectivity index (χ4v) is 0.712. The molecular weight excluding hydrogens is 239 g/mol. The van der Waals surface area contributed by atoms with E-state index in [1.54, 1.807) is 0 Å². The third-order valence-corrected chi connectivity index (χ3v) is 1.23. The van der Waals surface area contributed by atoms with Gasteiger partial charge in [0.05, 0.1) is 12.8 Å². The molecule has 12 heavy (non-hydrogen) atoms. The van der Waals surface area contributed by atoms with Gasteiger partial charge in [-0.25, -0.2) is 0 Å². The molecule has 0 aromatic heterocycles. The van der Waals surface area contributed by atoms with E-state index >= 15 is 0 Å². The first-order chi connectivity index (χ1) is 4.42. The van der Waals surface area contributed by atoms with Crippen molar-refractivity contribution in [1.82, 2.24) is 5.32 Å². The van der Waals surface area contributed by atoms with E-state index in [1.807, 2.05) is 0 Å². The molecule has 0 unspecified atom stereocenters. The normalized spacial score (nSPS) is 9.50. The van der Waals surface area contributed by atoms with Crippen LogP contribution in [0.25, 0.3) is 0 Å². The summed E-state index contributed by atoms with van der Waals surface area (Å²) in [6.07, 6.45) is -0.598. The summed E-state index contributed by atoms with van der Waals surface area (Å²) in [5, 5.41) is 10.1. The van der Waals surface area contributed by atoms with Gasteiger partial charge in [-0.3, -0.25) is 14.7 Å². The maximum Gasteiger partial charge on any atom is 1.00 e. The zero-order valence-electron chi connectivity index (χ0n) is 8.02. The minimum Gasteiger partial charge on any atom is -0.480 e. The van der Waals surface area contributed by atoms with Gasteiger partial charge in [-0.15, -0.1) is 0 Å². The number of rotatable bonds is 4. The second-order valence-electron chi connectivity index (χ2n) is 1.64. The first-order valence-corrected chi connectivity index (χ1v) is 4.18. The molecule has 0 heterocycles. The number of hydrogen-bond donors (Lipinski definition) is 4. The molecule has 4 N–H and O–H groups in total. The molecule has 0 rings (SSSR count). The summed E-state index contributed by atoms with van der Waals surface area (Å²) in [5.74, 6) is -1.14. The molecule has 0 aliphatic heterocycles. The van der Waals surface area contributed by atoms with E-state index in [2.05, 4.69) is 5.32 Å². The molecule has 0 fully saturated rings. The number of nitrogens with one attached hydrogen (secondary N) is 1. The van der Waals surface area contributed by atoms with Gasteiger partial charge in [0.2, 0.25) is 0 Å². The van der Waals surface area contributed by atoms with Crippen LogP contribution >= 0.6 is 7.60 Å². The molecule has 9 heteroatoms. The van der Waals surface area contributed by atoms with Gasteiger partial charge in [-0.2, -0.15) is 0 Å². The molecule has 0 aromatic carbocycles. The van der Waals surface area contributed by atoms with Crippen LogP contribution in [0.5, 0.6) is 0 Å². The average Bonchev–Trinajstić information content (AvgIpc) is 1.59. The summed E-state index contributed by atoms with van der Waals surface area (Å²) in [6.45, 7) is -0.439. The van der Waals surface area contributed by atoms with Crippen molar-refractivity contribution in [1.29, 1.82) is 0 Å². The van der Waals surface area contributed by atoms with Crippen LogP contribution in [0.2, 0.25) is 0 Å². The zero-order valence-corrected chi connectivity index (χ0v) is 14.2.